The summed E-state index contributed by atoms with van der Waals surface area (Å²) >= 11 is 6.30. The van der Waals surface area contributed by atoms with Gasteiger partial charge in [0.05, 0.1) is 0 Å². The molecule has 152 valence electrons. The number of hydrogen-bond donors (Lipinski definition) is 0. The van der Waals surface area contributed by atoms with Crippen LogP contribution >= 0.6 is 11.6 Å². The number of benzene rings is 4. The fourth-order valence-corrected chi connectivity index (χ4v) is 4.17. The Morgan fingerprint density at radius 2 is 1.28 bits per heavy atom. The van der Waals surface area contributed by atoms with Gasteiger partial charge in [-0.05, 0) is 40.9 Å². The van der Waals surface area contributed by atoms with E-state index in [2.05, 4.69) is 40.3 Å². The molecule has 0 bridgehead atoms. The maximum absolute atomic E-state index is 6.30. The summed E-state index contributed by atoms with van der Waals surface area (Å²) in [6.07, 6.45) is 0. The molecule has 2 heterocycles. The summed E-state index contributed by atoms with van der Waals surface area (Å²) in [6, 6.07) is 32.2. The molecule has 4 nitrogen and oxygen atoms in total. The lowest BCUT2D eigenvalue weighted by Gasteiger charge is -2.06. The monoisotopic (exact) mass is 433 g/mol. The number of nitrogens with zero attached hydrogens (tertiary/aromatic N) is 3. The first-order valence-electron chi connectivity index (χ1n) is 10.2. The van der Waals surface area contributed by atoms with Gasteiger partial charge >= 0.3 is 0 Å². The van der Waals surface area contributed by atoms with E-state index in [9.17, 15) is 0 Å². The van der Waals surface area contributed by atoms with Crippen molar-refractivity contribution in [3.63, 3.8) is 0 Å². The molecule has 32 heavy (non-hydrogen) atoms. The molecule has 0 spiro atoms. The second-order valence-corrected chi connectivity index (χ2v) is 7.81. The highest BCUT2D eigenvalue weighted by molar-refractivity contribution is 6.28. The van der Waals surface area contributed by atoms with E-state index in [1.165, 1.54) is 0 Å². The van der Waals surface area contributed by atoms with Crippen LogP contribution in [0.25, 0.3) is 55.8 Å². The van der Waals surface area contributed by atoms with Crippen LogP contribution in [0.15, 0.2) is 101 Å². The van der Waals surface area contributed by atoms with Crippen LogP contribution in [0.5, 0.6) is 0 Å². The summed E-state index contributed by atoms with van der Waals surface area (Å²) in [4.78, 5) is 13.5. The fourth-order valence-electron chi connectivity index (χ4n) is 4.01. The van der Waals surface area contributed by atoms with Gasteiger partial charge in [-0.25, -0.2) is 4.98 Å². The predicted molar refractivity (Wildman–Crippen MR) is 128 cm³/mol. The molecule has 6 rings (SSSR count). The van der Waals surface area contributed by atoms with Crippen LogP contribution in [0.1, 0.15) is 0 Å². The Balaban J connectivity index is 1.55. The van der Waals surface area contributed by atoms with Crippen molar-refractivity contribution < 1.29 is 4.42 Å². The van der Waals surface area contributed by atoms with Crippen LogP contribution in [-0.2, 0) is 0 Å². The highest BCUT2D eigenvalue weighted by Gasteiger charge is 2.17. The minimum atomic E-state index is 0.157. The van der Waals surface area contributed by atoms with Crippen molar-refractivity contribution in [1.82, 2.24) is 15.0 Å². The van der Waals surface area contributed by atoms with Crippen LogP contribution in [0.3, 0.4) is 0 Å². The molecule has 0 fully saturated rings. The quantitative estimate of drug-likeness (QED) is 0.291. The van der Waals surface area contributed by atoms with Gasteiger partial charge in [0.1, 0.15) is 11.2 Å². The Labute approximate surface area is 189 Å². The average Bonchev–Trinajstić information content (AvgIpc) is 3.23. The lowest BCUT2D eigenvalue weighted by molar-refractivity contribution is 0.669. The molecular weight excluding hydrogens is 418 g/mol. The minimum absolute atomic E-state index is 0.157. The van der Waals surface area contributed by atoms with Crippen LogP contribution < -0.4 is 0 Å². The van der Waals surface area contributed by atoms with E-state index >= 15 is 0 Å². The van der Waals surface area contributed by atoms with Crippen molar-refractivity contribution in [2.75, 3.05) is 0 Å². The van der Waals surface area contributed by atoms with E-state index in [-0.39, 0.29) is 5.28 Å². The van der Waals surface area contributed by atoms with Gasteiger partial charge in [0.15, 0.2) is 11.6 Å². The first-order valence-corrected chi connectivity index (χ1v) is 10.6. The summed E-state index contributed by atoms with van der Waals surface area (Å²) in [5.74, 6) is 1.06. The van der Waals surface area contributed by atoms with E-state index in [1.54, 1.807) is 0 Å². The molecule has 0 amide bonds. The predicted octanol–water partition coefficient (Wildman–Crippen LogP) is 7.43. The maximum atomic E-state index is 6.30. The largest absolute Gasteiger partial charge is 0.456 e. The molecular formula is C27H16ClN3O. The summed E-state index contributed by atoms with van der Waals surface area (Å²) in [5, 5.41) is 2.13. The molecule has 0 N–H and O–H groups in total. The molecule has 0 radical (unpaired) electrons. The summed E-state index contributed by atoms with van der Waals surface area (Å²) in [6.45, 7) is 0. The Morgan fingerprint density at radius 3 is 2.06 bits per heavy atom. The third-order valence-corrected chi connectivity index (χ3v) is 5.65. The van der Waals surface area contributed by atoms with E-state index in [1.807, 2.05) is 66.7 Å². The summed E-state index contributed by atoms with van der Waals surface area (Å²) in [7, 11) is 0. The number of rotatable bonds is 3. The van der Waals surface area contributed by atoms with Crippen molar-refractivity contribution in [3.05, 3.63) is 102 Å². The van der Waals surface area contributed by atoms with E-state index in [0.717, 1.165) is 44.2 Å². The zero-order valence-electron chi connectivity index (χ0n) is 16.9. The van der Waals surface area contributed by atoms with Crippen molar-refractivity contribution in [1.29, 1.82) is 0 Å². The number of fused-ring (bicyclic) bond motifs is 3. The Morgan fingerprint density at radius 1 is 0.562 bits per heavy atom. The molecule has 0 saturated heterocycles. The zero-order chi connectivity index (χ0) is 21.5. The highest BCUT2D eigenvalue weighted by atomic mass is 35.5. The maximum Gasteiger partial charge on any atom is 0.226 e. The first kappa shape index (κ1) is 18.7. The van der Waals surface area contributed by atoms with Crippen molar-refractivity contribution in [3.8, 4) is 33.9 Å². The van der Waals surface area contributed by atoms with Gasteiger partial charge in [-0.2, -0.15) is 9.97 Å². The van der Waals surface area contributed by atoms with Gasteiger partial charge in [0, 0.05) is 21.9 Å². The van der Waals surface area contributed by atoms with Crippen LogP contribution in [0.2, 0.25) is 5.28 Å². The zero-order valence-corrected chi connectivity index (χ0v) is 17.6. The number of hydrogen-bond acceptors (Lipinski definition) is 4. The molecule has 0 aliphatic carbocycles. The molecule has 2 aromatic heterocycles. The van der Waals surface area contributed by atoms with Gasteiger partial charge in [-0.1, -0.05) is 78.9 Å². The minimum Gasteiger partial charge on any atom is -0.456 e. The van der Waals surface area contributed by atoms with Crippen molar-refractivity contribution in [2.24, 2.45) is 0 Å². The van der Waals surface area contributed by atoms with Crippen molar-refractivity contribution >= 4 is 33.5 Å². The fraction of sp³-hybridized carbons (Fsp3) is 0. The van der Waals surface area contributed by atoms with Gasteiger partial charge < -0.3 is 4.42 Å². The Kier molecular flexibility index (Phi) is 4.44. The van der Waals surface area contributed by atoms with Crippen LogP contribution in [-0.4, -0.2) is 15.0 Å². The van der Waals surface area contributed by atoms with Crippen LogP contribution in [0, 0.1) is 0 Å². The van der Waals surface area contributed by atoms with Gasteiger partial charge in [-0.3, -0.25) is 0 Å². The lowest BCUT2D eigenvalue weighted by atomic mass is 10.0. The molecule has 6 aromatic rings. The lowest BCUT2D eigenvalue weighted by Crippen LogP contribution is -1.97. The van der Waals surface area contributed by atoms with Gasteiger partial charge in [0.2, 0.25) is 5.28 Å². The number of halogens is 1. The normalized spacial score (nSPS) is 11.3. The molecule has 0 unspecified atom stereocenters. The number of furan rings is 1. The third-order valence-electron chi connectivity index (χ3n) is 5.49. The standard InChI is InChI=1S/C27H16ClN3O/c28-27-30-25(18-10-5-2-6-11-18)29-26(31-27)21-12-7-13-22-24(21)20-15-14-19(16-23(20)32-22)17-8-3-1-4-9-17/h1-16H. The van der Waals surface area contributed by atoms with Gasteiger partial charge in [0.25, 0.3) is 0 Å². The molecule has 0 saturated carbocycles. The van der Waals surface area contributed by atoms with E-state index in [0.29, 0.717) is 11.6 Å². The van der Waals surface area contributed by atoms with Crippen LogP contribution in [0.4, 0.5) is 0 Å². The van der Waals surface area contributed by atoms with E-state index in [4.69, 9.17) is 21.0 Å². The molecule has 5 heteroatoms. The smallest absolute Gasteiger partial charge is 0.226 e. The SMILES string of the molecule is Clc1nc(-c2ccccc2)nc(-c2cccc3oc4cc(-c5ccccc5)ccc4c23)n1. The summed E-state index contributed by atoms with van der Waals surface area (Å²) < 4.78 is 6.22. The average molecular weight is 434 g/mol. The number of aromatic nitrogens is 3. The third kappa shape index (κ3) is 3.22. The summed E-state index contributed by atoms with van der Waals surface area (Å²) in [5.41, 5.74) is 5.59. The Hall–Kier alpha value is -4.02. The molecule has 0 aliphatic rings. The van der Waals surface area contributed by atoms with Crippen molar-refractivity contribution in [2.45, 2.75) is 0 Å². The first-order chi connectivity index (χ1) is 15.8. The molecule has 4 aromatic carbocycles. The second kappa shape index (κ2) is 7.59. The molecule has 0 aliphatic heterocycles. The Bertz CT molecular complexity index is 1580. The van der Waals surface area contributed by atoms with Gasteiger partial charge in [-0.15, -0.1) is 0 Å². The highest BCUT2D eigenvalue weighted by Crippen LogP contribution is 2.37. The molecule has 0 atom stereocenters. The topological polar surface area (TPSA) is 51.8 Å². The second-order valence-electron chi connectivity index (χ2n) is 7.48. The van der Waals surface area contributed by atoms with E-state index < -0.39 is 0 Å².